The lowest BCUT2D eigenvalue weighted by Crippen LogP contribution is -2.54. The second-order valence-corrected chi connectivity index (χ2v) is 13.7. The molecule has 0 aliphatic heterocycles. The predicted octanol–water partition coefficient (Wildman–Crippen LogP) is 6.65. The average Bonchev–Trinajstić information content (AvgIpc) is 3.02. The van der Waals surface area contributed by atoms with Crippen LogP contribution in [0.5, 0.6) is 0 Å². The number of hydrogen-bond acceptors (Lipinski definition) is 4. The summed E-state index contributed by atoms with van der Waals surface area (Å²) in [5, 5.41) is 2.97. The summed E-state index contributed by atoms with van der Waals surface area (Å²) in [4.78, 5) is 29.6. The van der Waals surface area contributed by atoms with Crippen molar-refractivity contribution in [3.8, 4) is 0 Å². The first-order chi connectivity index (χ1) is 21.5. The summed E-state index contributed by atoms with van der Waals surface area (Å²) in [5.74, 6) is -1.60. The molecule has 45 heavy (non-hydrogen) atoms. The third kappa shape index (κ3) is 8.79. The number of aryl methyl sites for hydroxylation is 1. The number of anilines is 1. The van der Waals surface area contributed by atoms with Crippen LogP contribution >= 0.6 is 15.9 Å². The van der Waals surface area contributed by atoms with Crippen LogP contribution in [-0.2, 0) is 32.6 Å². The van der Waals surface area contributed by atoms with Crippen molar-refractivity contribution in [2.24, 2.45) is 0 Å². The van der Waals surface area contributed by atoms with Crippen molar-refractivity contribution >= 4 is 43.5 Å². The van der Waals surface area contributed by atoms with Crippen LogP contribution in [0, 0.1) is 12.7 Å². The van der Waals surface area contributed by atoms with E-state index in [2.05, 4.69) is 21.2 Å². The number of amides is 2. The summed E-state index contributed by atoms with van der Waals surface area (Å²) in [6.07, 6.45) is 0.807. The second-order valence-electron chi connectivity index (χ2n) is 10.9. The third-order valence-electron chi connectivity index (χ3n) is 7.55. The minimum Gasteiger partial charge on any atom is -0.352 e. The minimum absolute atomic E-state index is 0.0110. The monoisotopic (exact) mass is 693 g/mol. The van der Waals surface area contributed by atoms with E-state index in [1.165, 1.54) is 23.1 Å². The number of benzene rings is 4. The lowest BCUT2D eigenvalue weighted by atomic mass is 10.0. The lowest BCUT2D eigenvalue weighted by Gasteiger charge is -2.34. The molecule has 0 saturated carbocycles. The SMILES string of the molecule is CC[C@@H](C)NC(=O)[C@@H](Cc1ccccc1)N(Cc1ccccc1F)C(=O)CN(c1cccc(Br)c1)S(=O)(=O)c1ccc(C)cc1. The van der Waals surface area contributed by atoms with Gasteiger partial charge in [-0.05, 0) is 62.2 Å². The van der Waals surface area contributed by atoms with E-state index >= 15 is 4.39 Å². The Morgan fingerprint density at radius 1 is 0.911 bits per heavy atom. The molecule has 0 radical (unpaired) electrons. The van der Waals surface area contributed by atoms with E-state index in [4.69, 9.17) is 0 Å². The van der Waals surface area contributed by atoms with Crippen molar-refractivity contribution in [2.45, 2.75) is 57.1 Å². The Bertz CT molecular complexity index is 1720. The molecule has 0 aromatic heterocycles. The fourth-order valence-corrected chi connectivity index (χ4v) is 6.60. The highest BCUT2D eigenvalue weighted by molar-refractivity contribution is 9.10. The molecule has 2 atom stereocenters. The minimum atomic E-state index is -4.23. The summed E-state index contributed by atoms with van der Waals surface area (Å²) in [6, 6.07) is 27.0. The number of rotatable bonds is 13. The molecule has 10 heteroatoms. The number of carbonyl (C=O) groups is 2. The highest BCUT2D eigenvalue weighted by atomic mass is 79.9. The Hall–Kier alpha value is -4.02. The first-order valence-corrected chi connectivity index (χ1v) is 16.9. The van der Waals surface area contributed by atoms with Gasteiger partial charge in [0, 0.05) is 29.0 Å². The summed E-state index contributed by atoms with van der Waals surface area (Å²) >= 11 is 3.41. The fraction of sp³-hybridized carbons (Fsp3) is 0.257. The quantitative estimate of drug-likeness (QED) is 0.170. The first kappa shape index (κ1) is 33.9. The van der Waals surface area contributed by atoms with E-state index in [0.717, 1.165) is 15.4 Å². The first-order valence-electron chi connectivity index (χ1n) is 14.7. The number of nitrogens with one attached hydrogen (secondary N) is 1. The second kappa shape index (κ2) is 15.3. The van der Waals surface area contributed by atoms with Gasteiger partial charge in [-0.25, -0.2) is 12.8 Å². The maximum Gasteiger partial charge on any atom is 0.264 e. The van der Waals surface area contributed by atoms with E-state index in [1.807, 2.05) is 51.1 Å². The molecule has 7 nitrogen and oxygen atoms in total. The van der Waals surface area contributed by atoms with Crippen LogP contribution < -0.4 is 9.62 Å². The summed E-state index contributed by atoms with van der Waals surface area (Å²) in [6.45, 7) is 4.79. The van der Waals surface area contributed by atoms with E-state index in [-0.39, 0.29) is 35.2 Å². The molecule has 0 bridgehead atoms. The summed E-state index contributed by atoms with van der Waals surface area (Å²) < 4.78 is 44.9. The van der Waals surface area contributed by atoms with E-state index in [1.54, 1.807) is 54.6 Å². The van der Waals surface area contributed by atoms with Crippen molar-refractivity contribution in [1.82, 2.24) is 10.2 Å². The molecule has 0 aliphatic carbocycles. The van der Waals surface area contributed by atoms with Crippen LogP contribution in [0.15, 0.2) is 112 Å². The molecule has 4 aromatic rings. The molecule has 0 aliphatic rings. The molecular weight excluding hydrogens is 657 g/mol. The Morgan fingerprint density at radius 2 is 1.58 bits per heavy atom. The maximum atomic E-state index is 15.0. The van der Waals surface area contributed by atoms with Gasteiger partial charge in [-0.3, -0.25) is 13.9 Å². The Labute approximate surface area is 273 Å². The maximum absolute atomic E-state index is 15.0. The molecule has 4 aromatic carbocycles. The normalized spacial score (nSPS) is 12.6. The van der Waals surface area contributed by atoms with Crippen LogP contribution in [0.3, 0.4) is 0 Å². The standard InChI is InChI=1S/C35H37BrFN3O4S/c1-4-26(3)38-35(42)33(21-27-11-6-5-7-12-27)39(23-28-13-8-9-16-32(28)37)34(41)24-40(30-15-10-14-29(36)22-30)45(43,44)31-19-17-25(2)18-20-31/h5-20,22,26,33H,4,21,23-24H2,1-3H3,(H,38,42)/t26-,33-/m1/s1. The van der Waals surface area contributed by atoms with E-state index in [9.17, 15) is 18.0 Å². The van der Waals surface area contributed by atoms with Gasteiger partial charge in [0.05, 0.1) is 10.6 Å². The molecule has 4 rings (SSSR count). The molecule has 0 heterocycles. The molecule has 0 unspecified atom stereocenters. The van der Waals surface area contributed by atoms with Crippen molar-refractivity contribution < 1.29 is 22.4 Å². The molecule has 2 amide bonds. The molecule has 1 N–H and O–H groups in total. The zero-order valence-corrected chi connectivity index (χ0v) is 27.9. The number of nitrogens with zero attached hydrogens (tertiary/aromatic N) is 2. The van der Waals surface area contributed by atoms with Gasteiger partial charge in [-0.1, -0.05) is 95.1 Å². The van der Waals surface area contributed by atoms with Crippen LogP contribution in [-0.4, -0.2) is 43.8 Å². The van der Waals surface area contributed by atoms with Gasteiger partial charge in [-0.15, -0.1) is 0 Å². The van der Waals surface area contributed by atoms with E-state index in [0.29, 0.717) is 10.9 Å². The van der Waals surface area contributed by atoms with Gasteiger partial charge in [0.2, 0.25) is 11.8 Å². The van der Waals surface area contributed by atoms with Gasteiger partial charge in [0.25, 0.3) is 10.0 Å². The number of carbonyl (C=O) groups excluding carboxylic acids is 2. The predicted molar refractivity (Wildman–Crippen MR) is 179 cm³/mol. The zero-order chi connectivity index (χ0) is 32.6. The lowest BCUT2D eigenvalue weighted by molar-refractivity contribution is -0.140. The van der Waals surface area contributed by atoms with Crippen molar-refractivity contribution in [1.29, 1.82) is 0 Å². The van der Waals surface area contributed by atoms with Crippen LogP contribution in [0.1, 0.15) is 37.0 Å². The van der Waals surface area contributed by atoms with Crippen molar-refractivity contribution in [3.63, 3.8) is 0 Å². The number of hydrogen-bond donors (Lipinski definition) is 1. The molecular formula is C35H37BrFN3O4S. The fourth-order valence-electron chi connectivity index (χ4n) is 4.80. The topological polar surface area (TPSA) is 86.8 Å². The van der Waals surface area contributed by atoms with Gasteiger partial charge in [-0.2, -0.15) is 0 Å². The Kier molecular flexibility index (Phi) is 11.5. The van der Waals surface area contributed by atoms with Crippen LogP contribution in [0.2, 0.25) is 0 Å². The summed E-state index contributed by atoms with van der Waals surface area (Å²) in [7, 11) is -4.23. The third-order valence-corrected chi connectivity index (χ3v) is 9.84. The summed E-state index contributed by atoms with van der Waals surface area (Å²) in [5.41, 5.74) is 2.14. The van der Waals surface area contributed by atoms with Crippen molar-refractivity contribution in [2.75, 3.05) is 10.8 Å². The van der Waals surface area contributed by atoms with Gasteiger partial charge in [0.1, 0.15) is 18.4 Å². The molecule has 0 fully saturated rings. The average molecular weight is 695 g/mol. The largest absolute Gasteiger partial charge is 0.352 e. The number of sulfonamides is 1. The van der Waals surface area contributed by atoms with Crippen molar-refractivity contribution in [3.05, 3.63) is 130 Å². The van der Waals surface area contributed by atoms with Gasteiger partial charge < -0.3 is 10.2 Å². The molecule has 0 saturated heterocycles. The smallest absolute Gasteiger partial charge is 0.264 e. The van der Waals surface area contributed by atoms with Crippen LogP contribution in [0.25, 0.3) is 0 Å². The Morgan fingerprint density at radius 3 is 2.22 bits per heavy atom. The van der Waals surface area contributed by atoms with Crippen LogP contribution in [0.4, 0.5) is 10.1 Å². The molecule has 236 valence electrons. The van der Waals surface area contributed by atoms with E-state index < -0.39 is 40.2 Å². The van der Waals surface area contributed by atoms with Gasteiger partial charge >= 0.3 is 0 Å². The zero-order valence-electron chi connectivity index (χ0n) is 25.5. The Balaban J connectivity index is 1.82. The van der Waals surface area contributed by atoms with Gasteiger partial charge in [0.15, 0.2) is 0 Å². The molecule has 0 spiro atoms. The highest BCUT2D eigenvalue weighted by Gasteiger charge is 2.35. The highest BCUT2D eigenvalue weighted by Crippen LogP contribution is 2.28. The number of halogens is 2.